The molecule has 1 amide bonds. The van der Waals surface area contributed by atoms with Gasteiger partial charge in [0.25, 0.3) is 5.91 Å². The zero-order valence-electron chi connectivity index (χ0n) is 22.3. The summed E-state index contributed by atoms with van der Waals surface area (Å²) < 4.78 is 7.11. The number of aromatic nitrogens is 2. The number of para-hydroxylation sites is 1. The summed E-state index contributed by atoms with van der Waals surface area (Å²) in [6.45, 7) is 2.42. The Hall–Kier alpha value is -4.97. The van der Waals surface area contributed by atoms with Crippen molar-refractivity contribution in [1.82, 2.24) is 15.1 Å². The molecule has 4 aromatic carbocycles. The van der Waals surface area contributed by atoms with Crippen LogP contribution in [-0.4, -0.2) is 36.1 Å². The molecule has 1 aromatic heterocycles. The number of benzene rings is 4. The Morgan fingerprint density at radius 2 is 1.64 bits per heavy atom. The highest BCUT2D eigenvalue weighted by atomic mass is 16.5. The molecule has 0 atom stereocenters. The Bertz CT molecular complexity index is 1620. The number of hydrogen-bond donors (Lipinski definition) is 1. The van der Waals surface area contributed by atoms with Gasteiger partial charge in [0.2, 0.25) is 0 Å². The minimum atomic E-state index is -0.206. The van der Waals surface area contributed by atoms with Gasteiger partial charge in [-0.25, -0.2) is 4.68 Å². The molecule has 6 heteroatoms. The number of ether oxygens (including phenoxy) is 1. The number of amides is 1. The molecule has 0 saturated carbocycles. The molecule has 0 fully saturated rings. The van der Waals surface area contributed by atoms with Gasteiger partial charge in [-0.05, 0) is 59.5 Å². The standard InChI is InChI=1S/C33H30N4O2/c1-23-29(25-13-10-16-28(19-25)39-3)18-17-26(30(23)22-34-2)21-35-33(38)32-20-31(24-11-6-4-7-12-24)36-37(32)27-14-8-5-9-15-27/h4-20,22H,21H2,1-3H3,(H,35,38)/b34-22-. The van der Waals surface area contributed by atoms with Crippen molar-refractivity contribution >= 4 is 12.1 Å². The van der Waals surface area contributed by atoms with Crippen LogP contribution in [-0.2, 0) is 6.54 Å². The van der Waals surface area contributed by atoms with E-state index in [0.29, 0.717) is 12.2 Å². The summed E-state index contributed by atoms with van der Waals surface area (Å²) in [7, 11) is 3.42. The lowest BCUT2D eigenvalue weighted by molar-refractivity contribution is 0.0943. The smallest absolute Gasteiger partial charge is 0.270 e. The second-order valence-electron chi connectivity index (χ2n) is 9.14. The van der Waals surface area contributed by atoms with Gasteiger partial charge in [-0.2, -0.15) is 5.10 Å². The van der Waals surface area contributed by atoms with E-state index in [4.69, 9.17) is 9.84 Å². The van der Waals surface area contributed by atoms with Gasteiger partial charge in [-0.15, -0.1) is 0 Å². The number of nitrogens with one attached hydrogen (secondary N) is 1. The molecule has 5 rings (SSSR count). The van der Waals surface area contributed by atoms with Crippen LogP contribution in [0.15, 0.2) is 108 Å². The minimum absolute atomic E-state index is 0.206. The maximum absolute atomic E-state index is 13.6. The third kappa shape index (κ3) is 5.50. The SMILES string of the molecule is C/N=C\c1c(CNC(=O)c2cc(-c3ccccc3)nn2-c2ccccc2)ccc(-c2cccc(OC)c2)c1C. The van der Waals surface area contributed by atoms with Crippen molar-refractivity contribution in [2.45, 2.75) is 13.5 Å². The van der Waals surface area contributed by atoms with E-state index in [9.17, 15) is 4.79 Å². The first-order valence-corrected chi connectivity index (χ1v) is 12.8. The number of methoxy groups -OCH3 is 1. The van der Waals surface area contributed by atoms with Crippen molar-refractivity contribution in [2.75, 3.05) is 14.2 Å². The molecule has 0 saturated heterocycles. The van der Waals surface area contributed by atoms with Gasteiger partial charge in [0.15, 0.2) is 0 Å². The Labute approximate surface area is 228 Å². The van der Waals surface area contributed by atoms with Gasteiger partial charge >= 0.3 is 0 Å². The van der Waals surface area contributed by atoms with Crippen molar-refractivity contribution < 1.29 is 9.53 Å². The van der Waals surface area contributed by atoms with Crippen LogP contribution in [0.2, 0.25) is 0 Å². The van der Waals surface area contributed by atoms with Crippen molar-refractivity contribution in [3.63, 3.8) is 0 Å². The van der Waals surface area contributed by atoms with Gasteiger partial charge in [0.05, 0.1) is 18.5 Å². The molecule has 5 aromatic rings. The van der Waals surface area contributed by atoms with E-state index >= 15 is 0 Å². The van der Waals surface area contributed by atoms with E-state index in [1.165, 1.54) is 0 Å². The molecule has 194 valence electrons. The second kappa shape index (κ2) is 11.6. The minimum Gasteiger partial charge on any atom is -0.497 e. The monoisotopic (exact) mass is 514 g/mol. The fourth-order valence-electron chi connectivity index (χ4n) is 4.68. The number of rotatable bonds is 8. The van der Waals surface area contributed by atoms with Crippen molar-refractivity contribution in [1.29, 1.82) is 0 Å². The Kier molecular flexibility index (Phi) is 7.64. The van der Waals surface area contributed by atoms with E-state index in [0.717, 1.165) is 50.5 Å². The molecule has 0 bridgehead atoms. The van der Waals surface area contributed by atoms with Crippen molar-refractivity contribution in [2.24, 2.45) is 4.99 Å². The third-order valence-corrected chi connectivity index (χ3v) is 6.70. The quantitative estimate of drug-likeness (QED) is 0.240. The normalized spacial score (nSPS) is 11.1. The van der Waals surface area contributed by atoms with E-state index in [2.05, 4.69) is 29.4 Å². The topological polar surface area (TPSA) is 68.5 Å². The summed E-state index contributed by atoms with van der Waals surface area (Å²) in [6.07, 6.45) is 1.85. The van der Waals surface area contributed by atoms with E-state index in [1.54, 1.807) is 18.8 Å². The van der Waals surface area contributed by atoms with Crippen LogP contribution in [0, 0.1) is 6.92 Å². The largest absolute Gasteiger partial charge is 0.497 e. The molecule has 1 heterocycles. The predicted molar refractivity (Wildman–Crippen MR) is 157 cm³/mol. The van der Waals surface area contributed by atoms with Crippen LogP contribution in [0.5, 0.6) is 5.75 Å². The molecule has 0 radical (unpaired) electrons. The summed E-state index contributed by atoms with van der Waals surface area (Å²) in [5.41, 5.74) is 8.18. The van der Waals surface area contributed by atoms with Crippen LogP contribution in [0.3, 0.4) is 0 Å². The molecule has 0 spiro atoms. The van der Waals surface area contributed by atoms with Gasteiger partial charge < -0.3 is 10.1 Å². The zero-order valence-corrected chi connectivity index (χ0v) is 22.3. The Morgan fingerprint density at radius 3 is 2.36 bits per heavy atom. The number of nitrogens with zero attached hydrogens (tertiary/aromatic N) is 3. The second-order valence-corrected chi connectivity index (χ2v) is 9.14. The van der Waals surface area contributed by atoms with Crippen LogP contribution < -0.4 is 10.1 Å². The Morgan fingerprint density at radius 1 is 0.923 bits per heavy atom. The lowest BCUT2D eigenvalue weighted by Crippen LogP contribution is -2.26. The van der Waals surface area contributed by atoms with Gasteiger partial charge in [0, 0.05) is 30.9 Å². The molecule has 6 nitrogen and oxygen atoms in total. The first kappa shape index (κ1) is 25.7. The molecule has 0 aliphatic carbocycles. The zero-order chi connectivity index (χ0) is 27.2. The van der Waals surface area contributed by atoms with E-state index in [-0.39, 0.29) is 5.91 Å². The lowest BCUT2D eigenvalue weighted by atomic mass is 9.93. The summed E-state index contributed by atoms with van der Waals surface area (Å²) in [4.78, 5) is 17.8. The molecule has 39 heavy (non-hydrogen) atoms. The number of carbonyl (C=O) groups excluding carboxylic acids is 1. The fraction of sp³-hybridized carbons (Fsp3) is 0.121. The summed E-state index contributed by atoms with van der Waals surface area (Å²) >= 11 is 0. The van der Waals surface area contributed by atoms with Gasteiger partial charge in [0.1, 0.15) is 11.4 Å². The van der Waals surface area contributed by atoms with Crippen LogP contribution in [0.1, 0.15) is 27.2 Å². The average molecular weight is 515 g/mol. The molecular formula is C33H30N4O2. The molecule has 0 unspecified atom stereocenters. The molecule has 1 N–H and O–H groups in total. The first-order chi connectivity index (χ1) is 19.1. The number of aliphatic imine (C=N–C) groups is 1. The maximum Gasteiger partial charge on any atom is 0.270 e. The summed E-state index contributed by atoms with van der Waals surface area (Å²) in [5, 5.41) is 7.88. The maximum atomic E-state index is 13.6. The summed E-state index contributed by atoms with van der Waals surface area (Å²) in [5.74, 6) is 0.598. The van der Waals surface area contributed by atoms with Gasteiger partial charge in [-0.1, -0.05) is 72.8 Å². The third-order valence-electron chi connectivity index (χ3n) is 6.70. The Balaban J connectivity index is 1.46. The highest BCUT2D eigenvalue weighted by molar-refractivity contribution is 5.95. The van der Waals surface area contributed by atoms with Crippen LogP contribution in [0.25, 0.3) is 28.1 Å². The van der Waals surface area contributed by atoms with E-state index in [1.807, 2.05) is 97.2 Å². The van der Waals surface area contributed by atoms with Crippen molar-refractivity contribution in [3.8, 4) is 33.8 Å². The van der Waals surface area contributed by atoms with Crippen LogP contribution in [0.4, 0.5) is 0 Å². The van der Waals surface area contributed by atoms with Crippen molar-refractivity contribution in [3.05, 3.63) is 126 Å². The van der Waals surface area contributed by atoms with E-state index < -0.39 is 0 Å². The first-order valence-electron chi connectivity index (χ1n) is 12.8. The highest BCUT2D eigenvalue weighted by Crippen LogP contribution is 2.30. The lowest BCUT2D eigenvalue weighted by Gasteiger charge is -2.15. The number of hydrogen-bond acceptors (Lipinski definition) is 4. The molecule has 0 aliphatic heterocycles. The predicted octanol–water partition coefficient (Wildman–Crippen LogP) is 6.50. The highest BCUT2D eigenvalue weighted by Gasteiger charge is 2.18. The fourth-order valence-corrected chi connectivity index (χ4v) is 4.68. The molecule has 0 aliphatic rings. The van der Waals surface area contributed by atoms with Gasteiger partial charge in [-0.3, -0.25) is 9.79 Å². The number of carbonyl (C=O) groups is 1. The average Bonchev–Trinajstić information content (AvgIpc) is 3.44. The van der Waals surface area contributed by atoms with Crippen LogP contribution >= 0.6 is 0 Å². The summed E-state index contributed by atoms with van der Waals surface area (Å²) in [6, 6.07) is 33.5. The molecular weight excluding hydrogens is 484 g/mol.